The minimum atomic E-state index is -2.50. The van der Waals surface area contributed by atoms with Gasteiger partial charge < -0.3 is 80.5 Å². The number of aliphatic hydroxyl groups is 8. The van der Waals surface area contributed by atoms with E-state index < -0.39 is 72.7 Å². The average Bonchev–Trinajstić information content (AvgIpc) is 2.62. The van der Waals surface area contributed by atoms with Crippen LogP contribution in [0.2, 0.25) is 0 Å². The molecule has 0 aromatic rings. The Kier molecular flexibility index (Phi) is 19.7. The third-order valence-corrected chi connectivity index (χ3v) is 2.96. The Morgan fingerprint density at radius 2 is 0.533 bits per heavy atom. The van der Waals surface area contributed by atoms with Crippen LogP contribution >= 0.6 is 0 Å². The number of hydrogen-bond acceptors (Lipinski definition) is 16. The average molecular weight is 545 g/mol. The Hall–Kier alpha value is -1.30. The van der Waals surface area contributed by atoms with Crippen LogP contribution < -0.4 is 20.4 Å². The van der Waals surface area contributed by atoms with Gasteiger partial charge in [0.15, 0.2) is 0 Å². The van der Waals surface area contributed by atoms with Crippen molar-refractivity contribution in [3.63, 3.8) is 0 Å². The van der Waals surface area contributed by atoms with E-state index in [-0.39, 0.29) is 36.5 Å². The molecule has 0 aliphatic carbocycles. The molecule has 173 valence electrons. The molecule has 16 nitrogen and oxygen atoms in total. The SMILES string of the molecule is O=C([O-])[C@@H](O)[C@@H](O)[C@H](O)[C@@H](O)C(=O)[O-].O=C([O-])[C@@H](O)[C@@H](O)[C@H](O)[C@@H](O)C(=O)[O-].[Cu+2].[Zn+2]. The Morgan fingerprint density at radius 3 is 0.600 bits per heavy atom. The molecule has 0 unspecified atom stereocenters. The minimum absolute atomic E-state index is 0. The van der Waals surface area contributed by atoms with Gasteiger partial charge in [0, 0.05) is 0 Å². The summed E-state index contributed by atoms with van der Waals surface area (Å²) in [5.74, 6) is -8.44. The van der Waals surface area contributed by atoms with Gasteiger partial charge in [-0.2, -0.15) is 0 Å². The van der Waals surface area contributed by atoms with Crippen LogP contribution in [0, 0.1) is 0 Å². The summed E-state index contributed by atoms with van der Waals surface area (Å²) in [5.41, 5.74) is 0. The van der Waals surface area contributed by atoms with Crippen molar-refractivity contribution in [3.8, 4) is 0 Å². The molecular weight excluding hydrogens is 529 g/mol. The van der Waals surface area contributed by atoms with E-state index in [2.05, 4.69) is 0 Å². The van der Waals surface area contributed by atoms with E-state index in [9.17, 15) is 39.6 Å². The van der Waals surface area contributed by atoms with E-state index in [1.54, 1.807) is 0 Å². The smallest absolute Gasteiger partial charge is 0.547 e. The normalized spacial score (nSPS) is 18.1. The van der Waals surface area contributed by atoms with Gasteiger partial charge in [0.1, 0.15) is 48.8 Å². The topological polar surface area (TPSA) is 322 Å². The Bertz CT molecular complexity index is 464. The zero-order valence-corrected chi connectivity index (χ0v) is 18.4. The third kappa shape index (κ3) is 11.8. The minimum Gasteiger partial charge on any atom is -0.547 e. The van der Waals surface area contributed by atoms with Gasteiger partial charge in [-0.05, 0) is 0 Å². The quantitative estimate of drug-likeness (QED) is 0.118. The molecule has 0 rings (SSSR count). The second-order valence-corrected chi connectivity index (χ2v) is 5.02. The summed E-state index contributed by atoms with van der Waals surface area (Å²) < 4.78 is 0. The molecule has 8 atom stereocenters. The zero-order chi connectivity index (χ0) is 22.9. The van der Waals surface area contributed by atoms with Crippen LogP contribution in [0.3, 0.4) is 0 Å². The van der Waals surface area contributed by atoms with Crippen LogP contribution in [0.1, 0.15) is 0 Å². The van der Waals surface area contributed by atoms with Crippen molar-refractivity contribution in [1.82, 2.24) is 0 Å². The molecule has 0 amide bonds. The number of aliphatic hydroxyl groups excluding tert-OH is 8. The standard InChI is InChI=1S/2C6H10O8.Cu.Zn/c2*7-1(3(9)5(11)12)2(8)4(10)6(13)14;;/h2*1-4,7-10H,(H,11,12)(H,13,14);;/q;;2*+2/p-4/t2*1-,2-,3-,4+;;/m00../s1. The number of carbonyl (C=O) groups excluding carboxylic acids is 4. The van der Waals surface area contributed by atoms with Gasteiger partial charge in [-0.3, -0.25) is 0 Å². The van der Waals surface area contributed by atoms with Crippen LogP contribution in [0.25, 0.3) is 0 Å². The van der Waals surface area contributed by atoms with E-state index in [4.69, 9.17) is 40.9 Å². The van der Waals surface area contributed by atoms with Crippen LogP contribution in [0.5, 0.6) is 0 Å². The molecule has 8 N–H and O–H groups in total. The summed E-state index contributed by atoms with van der Waals surface area (Å²) >= 11 is 0. The summed E-state index contributed by atoms with van der Waals surface area (Å²) in [4.78, 5) is 39.8. The molecular formula is C12H16CuO16Zn. The number of carbonyl (C=O) groups is 4. The van der Waals surface area contributed by atoms with Crippen LogP contribution in [-0.2, 0) is 55.7 Å². The van der Waals surface area contributed by atoms with E-state index in [0.717, 1.165) is 0 Å². The number of carboxylic acid groups (broad SMARTS) is 4. The Morgan fingerprint density at radius 1 is 0.433 bits per heavy atom. The van der Waals surface area contributed by atoms with Gasteiger partial charge in [0.25, 0.3) is 0 Å². The van der Waals surface area contributed by atoms with Crippen molar-refractivity contribution in [2.45, 2.75) is 48.8 Å². The number of carboxylic acids is 4. The second-order valence-electron chi connectivity index (χ2n) is 5.02. The maximum Gasteiger partial charge on any atom is 2.00 e. The summed E-state index contributed by atoms with van der Waals surface area (Å²) in [7, 11) is 0. The van der Waals surface area contributed by atoms with Crippen molar-refractivity contribution >= 4 is 23.9 Å². The van der Waals surface area contributed by atoms with Crippen LogP contribution in [0.15, 0.2) is 0 Å². The van der Waals surface area contributed by atoms with Gasteiger partial charge in [-0.15, -0.1) is 0 Å². The molecule has 1 radical (unpaired) electrons. The van der Waals surface area contributed by atoms with Gasteiger partial charge >= 0.3 is 36.5 Å². The first-order valence-electron chi connectivity index (χ1n) is 6.85. The molecule has 0 fully saturated rings. The summed E-state index contributed by atoms with van der Waals surface area (Å²) in [6.45, 7) is 0. The summed E-state index contributed by atoms with van der Waals surface area (Å²) in [6.07, 6.45) is -19.5. The second kappa shape index (κ2) is 16.4. The van der Waals surface area contributed by atoms with Gasteiger partial charge in [0.2, 0.25) is 0 Å². The molecule has 0 saturated carbocycles. The van der Waals surface area contributed by atoms with E-state index in [1.807, 2.05) is 0 Å². The summed E-state index contributed by atoms with van der Waals surface area (Å²) in [6, 6.07) is 0. The van der Waals surface area contributed by atoms with Crippen LogP contribution in [-0.4, -0.2) is 114 Å². The maximum absolute atomic E-state index is 9.96. The predicted octanol–water partition coefficient (Wildman–Crippen LogP) is -12.1. The van der Waals surface area contributed by atoms with E-state index >= 15 is 0 Å². The zero-order valence-electron chi connectivity index (χ0n) is 14.5. The molecule has 0 spiro atoms. The maximum atomic E-state index is 9.96. The van der Waals surface area contributed by atoms with Crippen LogP contribution in [0.4, 0.5) is 0 Å². The molecule has 0 aromatic carbocycles. The molecule has 0 heterocycles. The fourth-order valence-electron chi connectivity index (χ4n) is 1.30. The largest absolute Gasteiger partial charge is 2.00 e. The van der Waals surface area contributed by atoms with Crippen molar-refractivity contribution in [2.75, 3.05) is 0 Å². The molecule has 0 aliphatic rings. The molecule has 18 heteroatoms. The van der Waals surface area contributed by atoms with E-state index in [0.29, 0.717) is 0 Å². The third-order valence-electron chi connectivity index (χ3n) is 2.96. The predicted molar refractivity (Wildman–Crippen MR) is 68.1 cm³/mol. The fraction of sp³-hybridized carbons (Fsp3) is 0.667. The monoisotopic (exact) mass is 543 g/mol. The first-order valence-corrected chi connectivity index (χ1v) is 6.85. The van der Waals surface area contributed by atoms with Crippen molar-refractivity contribution in [2.24, 2.45) is 0 Å². The van der Waals surface area contributed by atoms with Crippen molar-refractivity contribution in [1.29, 1.82) is 0 Å². The number of hydrogen-bond donors (Lipinski definition) is 8. The first kappa shape index (κ1) is 36.1. The van der Waals surface area contributed by atoms with Gasteiger partial charge in [-0.1, -0.05) is 0 Å². The van der Waals surface area contributed by atoms with E-state index in [1.165, 1.54) is 0 Å². The Labute approximate surface area is 189 Å². The molecule has 0 saturated heterocycles. The molecule has 0 aromatic heterocycles. The van der Waals surface area contributed by atoms with Crippen molar-refractivity contribution in [3.05, 3.63) is 0 Å². The van der Waals surface area contributed by atoms with Gasteiger partial charge in [0.05, 0.1) is 23.9 Å². The Balaban J connectivity index is -0.000000211. The molecule has 0 bridgehead atoms. The summed E-state index contributed by atoms with van der Waals surface area (Å²) in [5, 5.41) is 109. The molecule has 0 aliphatic heterocycles. The van der Waals surface area contributed by atoms with Crippen molar-refractivity contribution < 1.29 is 117 Å². The first-order chi connectivity index (χ1) is 12.6. The fourth-order valence-corrected chi connectivity index (χ4v) is 1.30. The van der Waals surface area contributed by atoms with Gasteiger partial charge in [-0.25, -0.2) is 0 Å². The number of rotatable bonds is 10. The molecule has 30 heavy (non-hydrogen) atoms. The number of aliphatic carboxylic acids is 4.